The zero-order chi connectivity index (χ0) is 33.1. The first-order valence-corrected chi connectivity index (χ1v) is 16.1. The summed E-state index contributed by atoms with van der Waals surface area (Å²) >= 11 is 0. The van der Waals surface area contributed by atoms with Gasteiger partial charge in [0.1, 0.15) is 11.5 Å². The van der Waals surface area contributed by atoms with Gasteiger partial charge >= 0.3 is 0 Å². The molecule has 11 heteroatoms. The molecule has 1 aliphatic heterocycles. The van der Waals surface area contributed by atoms with Crippen molar-refractivity contribution in [3.8, 4) is 11.5 Å². The topological polar surface area (TPSA) is 165 Å². The number of phenols is 2. The van der Waals surface area contributed by atoms with E-state index in [4.69, 9.17) is 4.98 Å². The molecule has 2 bridgehead atoms. The van der Waals surface area contributed by atoms with Gasteiger partial charge in [-0.15, -0.1) is 0 Å². The Morgan fingerprint density at radius 3 is 1.43 bits per heavy atom. The van der Waals surface area contributed by atoms with Crippen LogP contribution in [-0.2, 0) is 39.3 Å². The van der Waals surface area contributed by atoms with Crippen molar-refractivity contribution in [2.75, 3.05) is 39.5 Å². The van der Waals surface area contributed by atoms with Crippen LogP contribution in [-0.4, -0.2) is 97.0 Å². The molecule has 0 radical (unpaired) electrons. The van der Waals surface area contributed by atoms with E-state index in [1.165, 1.54) is 0 Å². The number of benzene rings is 2. The van der Waals surface area contributed by atoms with E-state index in [0.717, 1.165) is 70.7 Å². The molecule has 0 unspecified atom stereocenters. The highest BCUT2D eigenvalue weighted by atomic mass is 16.3. The lowest BCUT2D eigenvalue weighted by Crippen LogP contribution is -2.35. The number of nitrogens with one attached hydrogen (secondary N) is 2. The summed E-state index contributed by atoms with van der Waals surface area (Å²) in [5, 5.41) is 66.2. The Hall–Kier alpha value is -3.13. The number of aryl methyl sites for hydroxylation is 2. The smallest absolute Gasteiger partial charge is 0.124 e. The second-order valence-electron chi connectivity index (χ2n) is 12.5. The Labute approximate surface area is 272 Å². The summed E-state index contributed by atoms with van der Waals surface area (Å²) in [6.07, 6.45) is 1.89. The van der Waals surface area contributed by atoms with Crippen LogP contribution in [0.25, 0.3) is 0 Å². The summed E-state index contributed by atoms with van der Waals surface area (Å²) in [5.74, 6) is 0.455. The number of hydrogen-bond acceptors (Lipinski definition) is 11. The molecule has 8 N–H and O–H groups in total. The standard InChI is InChI=1S/C35H51N5O6/c1-24-10-26(14-36-32(20-41)21-42)34(45)28(12-24)16-39-8-3-4-9-40(19-31-7-5-6-30(18-39)38-31)17-29-13-25(2)11-27(35(29)46)15-37-33(22-43)23-44/h5-7,10-13,32-33,36-37,41-46H,3-4,8-9,14-23H2,1-2H3. The molecule has 0 saturated heterocycles. The number of rotatable bonds is 14. The van der Waals surface area contributed by atoms with Crippen LogP contribution in [0.15, 0.2) is 42.5 Å². The summed E-state index contributed by atoms with van der Waals surface area (Å²) in [6.45, 7) is 7.98. The Bertz CT molecular complexity index is 1300. The lowest BCUT2D eigenvalue weighted by Gasteiger charge is -2.24. The first kappa shape index (κ1) is 35.7. The second kappa shape index (κ2) is 17.7. The third-order valence-electron chi connectivity index (χ3n) is 8.49. The first-order chi connectivity index (χ1) is 22.2. The number of aromatic nitrogens is 1. The SMILES string of the molecule is Cc1cc(CNC(CO)CO)c(O)c(CN2CCCCN(Cc3cc(C)cc(CNC(CO)CO)c3O)Cc3cccc(n3)C2)c1. The second-order valence-corrected chi connectivity index (χ2v) is 12.5. The van der Waals surface area contributed by atoms with Crippen molar-refractivity contribution in [1.29, 1.82) is 0 Å². The molecule has 0 fully saturated rings. The van der Waals surface area contributed by atoms with Crippen LogP contribution in [0.5, 0.6) is 11.5 Å². The van der Waals surface area contributed by atoms with Crippen molar-refractivity contribution in [2.24, 2.45) is 0 Å². The molecule has 11 nitrogen and oxygen atoms in total. The summed E-state index contributed by atoms with van der Waals surface area (Å²) in [6, 6.07) is 13.1. The molecule has 1 aromatic heterocycles. The normalized spacial score (nSPS) is 15.0. The van der Waals surface area contributed by atoms with Crippen LogP contribution in [0, 0.1) is 13.8 Å². The number of pyridine rings is 1. The van der Waals surface area contributed by atoms with Crippen molar-refractivity contribution in [3.63, 3.8) is 0 Å². The summed E-state index contributed by atoms with van der Waals surface area (Å²) < 4.78 is 0. The number of hydrogen-bond donors (Lipinski definition) is 8. The number of aliphatic hydroxyl groups excluding tert-OH is 4. The van der Waals surface area contributed by atoms with Gasteiger partial charge in [-0.25, -0.2) is 0 Å². The van der Waals surface area contributed by atoms with Gasteiger partial charge in [0.2, 0.25) is 0 Å². The third-order valence-corrected chi connectivity index (χ3v) is 8.49. The maximum absolute atomic E-state index is 11.2. The molecule has 3 aromatic rings. The average molecular weight is 638 g/mol. The van der Waals surface area contributed by atoms with Gasteiger partial charge in [-0.3, -0.25) is 14.8 Å². The van der Waals surface area contributed by atoms with E-state index in [1.807, 2.05) is 56.3 Å². The molecule has 0 aliphatic carbocycles. The van der Waals surface area contributed by atoms with E-state index in [-0.39, 0.29) is 37.9 Å². The Kier molecular flexibility index (Phi) is 13.7. The van der Waals surface area contributed by atoms with Crippen LogP contribution in [0.2, 0.25) is 0 Å². The molecule has 252 valence electrons. The molecular formula is C35H51N5O6. The minimum Gasteiger partial charge on any atom is -0.507 e. The summed E-state index contributed by atoms with van der Waals surface area (Å²) in [7, 11) is 0. The van der Waals surface area contributed by atoms with E-state index in [2.05, 4.69) is 20.4 Å². The Morgan fingerprint density at radius 1 is 0.652 bits per heavy atom. The van der Waals surface area contributed by atoms with Gasteiger partial charge in [0.05, 0.1) is 49.9 Å². The zero-order valence-electron chi connectivity index (χ0n) is 27.1. The maximum Gasteiger partial charge on any atom is 0.124 e. The monoisotopic (exact) mass is 637 g/mol. The molecule has 2 heterocycles. The van der Waals surface area contributed by atoms with Crippen LogP contribution >= 0.6 is 0 Å². The summed E-state index contributed by atoms with van der Waals surface area (Å²) in [5.41, 5.74) is 7.10. The predicted molar refractivity (Wildman–Crippen MR) is 177 cm³/mol. The maximum atomic E-state index is 11.2. The fraction of sp³-hybridized carbons (Fsp3) is 0.514. The van der Waals surface area contributed by atoms with E-state index >= 15 is 0 Å². The van der Waals surface area contributed by atoms with Gasteiger partial charge in [0, 0.05) is 61.5 Å². The molecule has 0 atom stereocenters. The van der Waals surface area contributed by atoms with Crippen molar-refractivity contribution in [2.45, 2.75) is 78.0 Å². The predicted octanol–water partition coefficient (Wildman–Crippen LogP) is 1.79. The highest BCUT2D eigenvalue weighted by molar-refractivity contribution is 5.44. The molecule has 0 saturated carbocycles. The van der Waals surface area contributed by atoms with Crippen molar-refractivity contribution >= 4 is 0 Å². The van der Waals surface area contributed by atoms with Gasteiger partial charge in [-0.2, -0.15) is 0 Å². The van der Waals surface area contributed by atoms with E-state index in [1.54, 1.807) is 0 Å². The molecule has 0 spiro atoms. The largest absolute Gasteiger partial charge is 0.507 e. The van der Waals surface area contributed by atoms with Gasteiger partial charge in [0.25, 0.3) is 0 Å². The molecule has 0 amide bonds. The van der Waals surface area contributed by atoms with E-state index < -0.39 is 12.1 Å². The molecular weight excluding hydrogens is 586 g/mol. The van der Waals surface area contributed by atoms with Crippen LogP contribution in [0.1, 0.15) is 57.6 Å². The molecule has 46 heavy (non-hydrogen) atoms. The van der Waals surface area contributed by atoms with Crippen LogP contribution in [0.3, 0.4) is 0 Å². The van der Waals surface area contributed by atoms with E-state index in [9.17, 15) is 30.6 Å². The number of aromatic hydroxyl groups is 2. The number of fused-ring (bicyclic) bond motifs is 2. The van der Waals surface area contributed by atoms with Gasteiger partial charge in [-0.05, 0) is 51.9 Å². The van der Waals surface area contributed by atoms with E-state index in [0.29, 0.717) is 39.3 Å². The highest BCUT2D eigenvalue weighted by Crippen LogP contribution is 2.29. The van der Waals surface area contributed by atoms with Crippen LogP contribution < -0.4 is 10.6 Å². The Morgan fingerprint density at radius 2 is 1.04 bits per heavy atom. The van der Waals surface area contributed by atoms with Crippen molar-refractivity contribution in [3.05, 3.63) is 87.2 Å². The van der Waals surface area contributed by atoms with Gasteiger partial charge < -0.3 is 41.3 Å². The first-order valence-electron chi connectivity index (χ1n) is 16.1. The molecule has 2 aromatic carbocycles. The minimum absolute atomic E-state index is 0.185. The van der Waals surface area contributed by atoms with Crippen molar-refractivity contribution in [1.82, 2.24) is 25.4 Å². The zero-order valence-corrected chi connectivity index (χ0v) is 27.1. The number of aliphatic hydroxyl groups is 4. The van der Waals surface area contributed by atoms with Crippen molar-refractivity contribution < 1.29 is 30.6 Å². The molecule has 1 aliphatic rings. The number of phenolic OH excluding ortho intramolecular Hbond substituents is 2. The lowest BCUT2D eigenvalue weighted by atomic mass is 10.0. The van der Waals surface area contributed by atoms with Gasteiger partial charge in [0.15, 0.2) is 0 Å². The quantitative estimate of drug-likeness (QED) is 0.130. The fourth-order valence-electron chi connectivity index (χ4n) is 6.01. The fourth-order valence-corrected chi connectivity index (χ4v) is 6.01. The highest BCUT2D eigenvalue weighted by Gasteiger charge is 2.19. The Balaban J connectivity index is 1.48. The molecule has 4 rings (SSSR count). The lowest BCUT2D eigenvalue weighted by molar-refractivity contribution is 0.169. The van der Waals surface area contributed by atoms with Crippen LogP contribution in [0.4, 0.5) is 0 Å². The summed E-state index contributed by atoms with van der Waals surface area (Å²) in [4.78, 5) is 9.62. The minimum atomic E-state index is -0.447. The average Bonchev–Trinajstić information content (AvgIpc) is 3.06. The van der Waals surface area contributed by atoms with Gasteiger partial charge in [-0.1, -0.05) is 41.5 Å². The number of nitrogens with zero attached hydrogens (tertiary/aromatic N) is 3. The third kappa shape index (κ3) is 10.2.